The molecule has 17 heavy (non-hydrogen) atoms. The van der Waals surface area contributed by atoms with Gasteiger partial charge in [-0.1, -0.05) is 59.6 Å². The molecule has 2 rings (SSSR count). The van der Waals surface area contributed by atoms with Gasteiger partial charge in [-0.2, -0.15) is 0 Å². The van der Waals surface area contributed by atoms with Gasteiger partial charge < -0.3 is 5.32 Å². The fraction of sp³-hybridized carbons (Fsp3) is 0.143. The minimum Gasteiger partial charge on any atom is -0.316 e. The van der Waals surface area contributed by atoms with E-state index in [0.29, 0.717) is 10.0 Å². The maximum atomic E-state index is 6.18. The van der Waals surface area contributed by atoms with Crippen molar-refractivity contribution in [3.05, 3.63) is 58.1 Å². The Balaban J connectivity index is 2.36. The summed E-state index contributed by atoms with van der Waals surface area (Å²) in [6.07, 6.45) is 0. The molecular weight excluding hydrogens is 253 g/mol. The number of benzene rings is 2. The summed E-state index contributed by atoms with van der Waals surface area (Å²) in [5.74, 6) is 0. The summed E-state index contributed by atoms with van der Waals surface area (Å²) in [5, 5.41) is 4.31. The first-order chi connectivity index (χ1) is 8.22. The van der Waals surface area contributed by atoms with Crippen molar-refractivity contribution in [2.45, 2.75) is 6.54 Å². The zero-order chi connectivity index (χ0) is 12.3. The summed E-state index contributed by atoms with van der Waals surface area (Å²) in [5.41, 5.74) is 3.29. The van der Waals surface area contributed by atoms with E-state index in [1.807, 2.05) is 19.2 Å². The average Bonchev–Trinajstić information content (AvgIpc) is 2.34. The highest BCUT2D eigenvalue weighted by atomic mass is 35.5. The standard InChI is InChI=1S/C14H13Cl2N/c1-17-9-10-5-7-11(8-6-10)12-3-2-4-13(15)14(12)16/h2-8,17H,9H2,1H3. The normalized spacial score (nSPS) is 10.5. The van der Waals surface area contributed by atoms with Crippen LogP contribution >= 0.6 is 23.2 Å². The molecule has 0 spiro atoms. The topological polar surface area (TPSA) is 12.0 Å². The molecule has 0 aliphatic rings. The quantitative estimate of drug-likeness (QED) is 0.869. The van der Waals surface area contributed by atoms with Crippen LogP contribution in [0.25, 0.3) is 11.1 Å². The van der Waals surface area contributed by atoms with E-state index in [9.17, 15) is 0 Å². The van der Waals surface area contributed by atoms with Gasteiger partial charge in [-0.05, 0) is 24.2 Å². The van der Waals surface area contributed by atoms with Crippen LogP contribution in [0.1, 0.15) is 5.56 Å². The third-order valence-electron chi connectivity index (χ3n) is 2.60. The fourth-order valence-corrected chi connectivity index (χ4v) is 2.14. The maximum absolute atomic E-state index is 6.18. The molecule has 1 N–H and O–H groups in total. The van der Waals surface area contributed by atoms with Crippen molar-refractivity contribution in [2.24, 2.45) is 0 Å². The molecule has 0 aliphatic heterocycles. The zero-order valence-corrected chi connectivity index (χ0v) is 11.0. The molecular formula is C14H13Cl2N. The van der Waals surface area contributed by atoms with Crippen molar-refractivity contribution in [3.63, 3.8) is 0 Å². The summed E-state index contributed by atoms with van der Waals surface area (Å²) < 4.78 is 0. The second-order valence-electron chi connectivity index (χ2n) is 3.83. The number of halogens is 2. The predicted molar refractivity (Wildman–Crippen MR) is 74.7 cm³/mol. The molecule has 0 atom stereocenters. The molecule has 0 unspecified atom stereocenters. The van der Waals surface area contributed by atoms with Gasteiger partial charge in [-0.15, -0.1) is 0 Å². The second-order valence-corrected chi connectivity index (χ2v) is 4.61. The van der Waals surface area contributed by atoms with E-state index < -0.39 is 0 Å². The molecule has 1 nitrogen and oxygen atoms in total. The van der Waals surface area contributed by atoms with Gasteiger partial charge in [0.15, 0.2) is 0 Å². The van der Waals surface area contributed by atoms with Crippen LogP contribution in [0.5, 0.6) is 0 Å². The lowest BCUT2D eigenvalue weighted by Crippen LogP contribution is -2.04. The lowest BCUT2D eigenvalue weighted by molar-refractivity contribution is 0.818. The Morgan fingerprint density at radius 3 is 2.35 bits per heavy atom. The van der Waals surface area contributed by atoms with E-state index >= 15 is 0 Å². The Morgan fingerprint density at radius 2 is 1.71 bits per heavy atom. The molecule has 0 fully saturated rings. The van der Waals surface area contributed by atoms with E-state index in [0.717, 1.165) is 17.7 Å². The van der Waals surface area contributed by atoms with E-state index in [4.69, 9.17) is 23.2 Å². The predicted octanol–water partition coefficient (Wildman–Crippen LogP) is 4.38. The van der Waals surface area contributed by atoms with Gasteiger partial charge in [-0.3, -0.25) is 0 Å². The van der Waals surface area contributed by atoms with Crippen molar-refractivity contribution < 1.29 is 0 Å². The first kappa shape index (κ1) is 12.4. The van der Waals surface area contributed by atoms with Gasteiger partial charge in [0, 0.05) is 12.1 Å². The minimum atomic E-state index is 0.587. The minimum absolute atomic E-state index is 0.587. The Bertz CT molecular complexity index is 506. The molecule has 2 aromatic rings. The molecule has 0 amide bonds. The summed E-state index contributed by atoms with van der Waals surface area (Å²) in [4.78, 5) is 0. The lowest BCUT2D eigenvalue weighted by Gasteiger charge is -2.07. The van der Waals surface area contributed by atoms with E-state index in [1.165, 1.54) is 5.56 Å². The number of hydrogen-bond acceptors (Lipinski definition) is 1. The van der Waals surface area contributed by atoms with Crippen LogP contribution in [0.3, 0.4) is 0 Å². The highest BCUT2D eigenvalue weighted by molar-refractivity contribution is 6.43. The summed E-state index contributed by atoms with van der Waals surface area (Å²) >= 11 is 12.2. The largest absolute Gasteiger partial charge is 0.316 e. The average molecular weight is 266 g/mol. The van der Waals surface area contributed by atoms with Crippen molar-refractivity contribution >= 4 is 23.2 Å². The zero-order valence-electron chi connectivity index (χ0n) is 9.50. The molecule has 88 valence electrons. The highest BCUT2D eigenvalue weighted by Crippen LogP contribution is 2.33. The van der Waals surface area contributed by atoms with Gasteiger partial charge in [0.1, 0.15) is 0 Å². The molecule has 3 heteroatoms. The van der Waals surface area contributed by atoms with Gasteiger partial charge in [0.2, 0.25) is 0 Å². The monoisotopic (exact) mass is 265 g/mol. The van der Waals surface area contributed by atoms with Crippen LogP contribution in [0.15, 0.2) is 42.5 Å². The number of rotatable bonds is 3. The fourth-order valence-electron chi connectivity index (χ4n) is 1.73. The summed E-state index contributed by atoms with van der Waals surface area (Å²) in [6, 6.07) is 14.0. The second kappa shape index (κ2) is 5.54. The van der Waals surface area contributed by atoms with Gasteiger partial charge in [0.05, 0.1) is 10.0 Å². The molecule has 0 saturated carbocycles. The smallest absolute Gasteiger partial charge is 0.0670 e. The molecule has 0 aliphatic carbocycles. The first-order valence-electron chi connectivity index (χ1n) is 5.40. The summed E-state index contributed by atoms with van der Waals surface area (Å²) in [7, 11) is 1.93. The third-order valence-corrected chi connectivity index (χ3v) is 3.42. The van der Waals surface area contributed by atoms with Crippen LogP contribution in [0, 0.1) is 0 Å². The van der Waals surface area contributed by atoms with E-state index in [-0.39, 0.29) is 0 Å². The van der Waals surface area contributed by atoms with Crippen molar-refractivity contribution in [3.8, 4) is 11.1 Å². The van der Waals surface area contributed by atoms with Gasteiger partial charge >= 0.3 is 0 Å². The van der Waals surface area contributed by atoms with Crippen LogP contribution in [0.2, 0.25) is 10.0 Å². The first-order valence-corrected chi connectivity index (χ1v) is 6.16. The van der Waals surface area contributed by atoms with Crippen LogP contribution in [-0.4, -0.2) is 7.05 Å². The Morgan fingerprint density at radius 1 is 1.00 bits per heavy atom. The molecule has 0 aromatic heterocycles. The molecule has 0 heterocycles. The Kier molecular flexibility index (Phi) is 4.06. The molecule has 0 saturated heterocycles. The highest BCUT2D eigenvalue weighted by Gasteiger charge is 2.06. The van der Waals surface area contributed by atoms with Crippen molar-refractivity contribution in [1.82, 2.24) is 5.32 Å². The Hall–Kier alpha value is -1.02. The van der Waals surface area contributed by atoms with E-state index in [1.54, 1.807) is 6.07 Å². The molecule has 2 aromatic carbocycles. The van der Waals surface area contributed by atoms with Crippen molar-refractivity contribution in [2.75, 3.05) is 7.05 Å². The number of nitrogens with one attached hydrogen (secondary N) is 1. The van der Waals surface area contributed by atoms with E-state index in [2.05, 4.69) is 29.6 Å². The van der Waals surface area contributed by atoms with Gasteiger partial charge in [-0.25, -0.2) is 0 Å². The van der Waals surface area contributed by atoms with Crippen molar-refractivity contribution in [1.29, 1.82) is 0 Å². The number of hydrogen-bond donors (Lipinski definition) is 1. The van der Waals surface area contributed by atoms with Gasteiger partial charge in [0.25, 0.3) is 0 Å². The lowest BCUT2D eigenvalue weighted by atomic mass is 10.0. The summed E-state index contributed by atoms with van der Waals surface area (Å²) in [6.45, 7) is 0.865. The maximum Gasteiger partial charge on any atom is 0.0670 e. The SMILES string of the molecule is CNCc1ccc(-c2cccc(Cl)c2Cl)cc1. The molecule has 0 radical (unpaired) electrons. The van der Waals surface area contributed by atoms with Crippen LogP contribution in [-0.2, 0) is 6.54 Å². The third kappa shape index (κ3) is 2.81. The van der Waals surface area contributed by atoms with Crippen LogP contribution in [0.4, 0.5) is 0 Å². The Labute approximate surface area is 111 Å². The van der Waals surface area contributed by atoms with Crippen LogP contribution < -0.4 is 5.32 Å². The molecule has 0 bridgehead atoms.